The van der Waals surface area contributed by atoms with Crippen LogP contribution in [0.3, 0.4) is 0 Å². The molecule has 0 unspecified atom stereocenters. The lowest BCUT2D eigenvalue weighted by atomic mass is 9.98. The van der Waals surface area contributed by atoms with Crippen molar-refractivity contribution in [2.24, 2.45) is 0 Å². The van der Waals surface area contributed by atoms with E-state index in [9.17, 15) is 9.59 Å². The molecule has 7 nitrogen and oxygen atoms in total. The predicted molar refractivity (Wildman–Crippen MR) is 110 cm³/mol. The molecule has 7 heteroatoms. The molecule has 0 saturated heterocycles. The normalized spacial score (nSPS) is 12.7. The summed E-state index contributed by atoms with van der Waals surface area (Å²) in [7, 11) is 3.19. The maximum atomic E-state index is 12.6. The lowest BCUT2D eigenvalue weighted by Gasteiger charge is -2.29. The van der Waals surface area contributed by atoms with E-state index < -0.39 is 0 Å². The minimum Gasteiger partial charge on any atom is -0.494 e. The number of hydrogen-bond donors (Lipinski definition) is 1. The standard InChI is InChI=1S/C22H26N2O5/c1-4-29-18-7-5-17(6-8-18)23-21(25)13-22(26)24-10-9-15-11-19(27-2)20(28-3)12-16(15)14-24/h5-8,11-12H,4,9-10,13-14H2,1-3H3,(H,23,25). The third-order valence-electron chi connectivity index (χ3n) is 4.83. The zero-order chi connectivity index (χ0) is 20.8. The van der Waals surface area contributed by atoms with Gasteiger partial charge in [-0.25, -0.2) is 0 Å². The predicted octanol–water partition coefficient (Wildman–Crippen LogP) is 3.02. The highest BCUT2D eigenvalue weighted by Gasteiger charge is 2.24. The second-order valence-corrected chi connectivity index (χ2v) is 6.72. The Kier molecular flexibility index (Phi) is 6.59. The molecule has 0 spiro atoms. The molecule has 154 valence electrons. The summed E-state index contributed by atoms with van der Waals surface area (Å²) in [4.78, 5) is 26.6. The van der Waals surface area contributed by atoms with Crippen LogP contribution in [0.5, 0.6) is 17.2 Å². The molecule has 0 fully saturated rings. The van der Waals surface area contributed by atoms with Crippen molar-refractivity contribution in [1.82, 2.24) is 4.90 Å². The van der Waals surface area contributed by atoms with Crippen LogP contribution in [0.4, 0.5) is 5.69 Å². The van der Waals surface area contributed by atoms with E-state index in [1.165, 1.54) is 0 Å². The summed E-state index contributed by atoms with van der Waals surface area (Å²) < 4.78 is 16.1. The molecular weight excluding hydrogens is 372 g/mol. The highest BCUT2D eigenvalue weighted by atomic mass is 16.5. The Balaban J connectivity index is 1.59. The van der Waals surface area contributed by atoms with Gasteiger partial charge >= 0.3 is 0 Å². The number of hydrogen-bond acceptors (Lipinski definition) is 5. The number of methoxy groups -OCH3 is 2. The maximum Gasteiger partial charge on any atom is 0.233 e. The lowest BCUT2D eigenvalue weighted by molar-refractivity contribution is -0.135. The topological polar surface area (TPSA) is 77.1 Å². The van der Waals surface area contributed by atoms with Gasteiger partial charge in [0.1, 0.15) is 12.2 Å². The van der Waals surface area contributed by atoms with Crippen LogP contribution in [0.1, 0.15) is 24.5 Å². The van der Waals surface area contributed by atoms with Gasteiger partial charge in [-0.05, 0) is 60.9 Å². The zero-order valence-corrected chi connectivity index (χ0v) is 17.0. The molecule has 1 N–H and O–H groups in total. The van der Waals surface area contributed by atoms with Crippen LogP contribution in [0, 0.1) is 0 Å². The summed E-state index contributed by atoms with van der Waals surface area (Å²) in [5.41, 5.74) is 2.77. The molecular formula is C22H26N2O5. The Bertz CT molecular complexity index is 880. The van der Waals surface area contributed by atoms with Gasteiger partial charge in [-0.3, -0.25) is 9.59 Å². The number of carbonyl (C=O) groups excluding carboxylic acids is 2. The Morgan fingerprint density at radius 2 is 1.69 bits per heavy atom. The quantitative estimate of drug-likeness (QED) is 0.726. The Hall–Kier alpha value is -3.22. The van der Waals surface area contributed by atoms with E-state index in [4.69, 9.17) is 14.2 Å². The van der Waals surface area contributed by atoms with E-state index in [1.54, 1.807) is 43.4 Å². The van der Waals surface area contributed by atoms with Crippen molar-refractivity contribution in [3.05, 3.63) is 47.5 Å². The van der Waals surface area contributed by atoms with Crippen LogP contribution in [0.2, 0.25) is 0 Å². The second kappa shape index (κ2) is 9.32. The van der Waals surface area contributed by atoms with Crippen LogP contribution < -0.4 is 19.5 Å². The summed E-state index contributed by atoms with van der Waals surface area (Å²) >= 11 is 0. The monoisotopic (exact) mass is 398 g/mol. The van der Waals surface area contributed by atoms with Crippen molar-refractivity contribution < 1.29 is 23.8 Å². The number of nitrogens with zero attached hydrogens (tertiary/aromatic N) is 1. The summed E-state index contributed by atoms with van der Waals surface area (Å²) in [6, 6.07) is 10.9. The number of amides is 2. The third kappa shape index (κ3) is 4.99. The molecule has 0 aliphatic carbocycles. The fourth-order valence-corrected chi connectivity index (χ4v) is 3.35. The molecule has 0 atom stereocenters. The number of ether oxygens (including phenoxy) is 3. The van der Waals surface area contributed by atoms with Crippen molar-refractivity contribution in [3.63, 3.8) is 0 Å². The molecule has 0 bridgehead atoms. The van der Waals surface area contributed by atoms with Gasteiger partial charge in [0.2, 0.25) is 11.8 Å². The first-order valence-electron chi connectivity index (χ1n) is 9.58. The first-order chi connectivity index (χ1) is 14.0. The van der Waals surface area contributed by atoms with E-state index in [1.807, 2.05) is 19.1 Å². The largest absolute Gasteiger partial charge is 0.494 e. The fourth-order valence-electron chi connectivity index (χ4n) is 3.35. The summed E-state index contributed by atoms with van der Waals surface area (Å²) in [5.74, 6) is 1.52. The van der Waals surface area contributed by atoms with Crippen molar-refractivity contribution in [2.45, 2.75) is 26.3 Å². The average molecular weight is 398 g/mol. The molecule has 3 rings (SSSR count). The van der Waals surface area contributed by atoms with Crippen LogP contribution in [0.25, 0.3) is 0 Å². The van der Waals surface area contributed by atoms with Crippen LogP contribution >= 0.6 is 0 Å². The third-order valence-corrected chi connectivity index (χ3v) is 4.83. The summed E-state index contributed by atoms with van der Waals surface area (Å²) in [6.45, 7) is 3.51. The van der Waals surface area contributed by atoms with Gasteiger partial charge in [0.15, 0.2) is 11.5 Å². The highest BCUT2D eigenvalue weighted by Crippen LogP contribution is 2.33. The minimum atomic E-state index is -0.336. The molecule has 1 aliphatic heterocycles. The minimum absolute atomic E-state index is 0.199. The van der Waals surface area contributed by atoms with Crippen molar-refractivity contribution in [3.8, 4) is 17.2 Å². The number of rotatable bonds is 7. The number of benzene rings is 2. The lowest BCUT2D eigenvalue weighted by Crippen LogP contribution is -2.37. The van der Waals surface area contributed by atoms with Gasteiger partial charge in [-0.2, -0.15) is 0 Å². The number of fused-ring (bicyclic) bond motifs is 1. The molecule has 2 aromatic carbocycles. The molecule has 2 aromatic rings. The van der Waals surface area contributed by atoms with Crippen LogP contribution in [-0.2, 0) is 22.6 Å². The molecule has 1 heterocycles. The van der Waals surface area contributed by atoms with Crippen molar-refractivity contribution in [1.29, 1.82) is 0 Å². The van der Waals surface area contributed by atoms with E-state index in [0.29, 0.717) is 43.3 Å². The molecule has 0 saturated carbocycles. The van der Waals surface area contributed by atoms with Crippen molar-refractivity contribution >= 4 is 17.5 Å². The summed E-state index contributed by atoms with van der Waals surface area (Å²) in [5, 5.41) is 2.76. The summed E-state index contributed by atoms with van der Waals surface area (Å²) in [6.07, 6.45) is 0.512. The smallest absolute Gasteiger partial charge is 0.233 e. The number of anilines is 1. The Labute approximate surface area is 170 Å². The number of nitrogens with one attached hydrogen (secondary N) is 1. The SMILES string of the molecule is CCOc1ccc(NC(=O)CC(=O)N2CCc3cc(OC)c(OC)cc3C2)cc1. The van der Waals surface area contributed by atoms with Gasteiger partial charge in [-0.1, -0.05) is 0 Å². The average Bonchev–Trinajstić information content (AvgIpc) is 2.73. The van der Waals surface area contributed by atoms with Gasteiger partial charge in [0.25, 0.3) is 0 Å². The van der Waals surface area contributed by atoms with Gasteiger partial charge in [0.05, 0.1) is 20.8 Å². The molecule has 1 aliphatic rings. The van der Waals surface area contributed by atoms with Gasteiger partial charge in [0, 0.05) is 18.8 Å². The van der Waals surface area contributed by atoms with Crippen LogP contribution in [0.15, 0.2) is 36.4 Å². The Morgan fingerprint density at radius 3 is 2.31 bits per heavy atom. The number of carbonyl (C=O) groups is 2. The Morgan fingerprint density at radius 1 is 1.03 bits per heavy atom. The molecule has 2 amide bonds. The first kappa shape index (κ1) is 20.5. The molecule has 29 heavy (non-hydrogen) atoms. The maximum absolute atomic E-state index is 12.6. The van der Waals surface area contributed by atoms with Crippen LogP contribution in [-0.4, -0.2) is 44.1 Å². The van der Waals surface area contributed by atoms with E-state index in [-0.39, 0.29) is 18.2 Å². The molecule has 0 radical (unpaired) electrons. The fraction of sp³-hybridized carbons (Fsp3) is 0.364. The molecule has 0 aromatic heterocycles. The first-order valence-corrected chi connectivity index (χ1v) is 9.58. The van der Waals surface area contributed by atoms with E-state index in [2.05, 4.69) is 5.32 Å². The van der Waals surface area contributed by atoms with Gasteiger partial charge < -0.3 is 24.4 Å². The van der Waals surface area contributed by atoms with E-state index >= 15 is 0 Å². The van der Waals surface area contributed by atoms with Crippen molar-refractivity contribution in [2.75, 3.05) is 32.7 Å². The second-order valence-electron chi connectivity index (χ2n) is 6.72. The zero-order valence-electron chi connectivity index (χ0n) is 17.0. The van der Waals surface area contributed by atoms with E-state index in [0.717, 1.165) is 16.9 Å². The highest BCUT2D eigenvalue weighted by molar-refractivity contribution is 6.03. The van der Waals surface area contributed by atoms with Gasteiger partial charge in [-0.15, -0.1) is 0 Å².